The maximum absolute atomic E-state index is 13.9. The number of fused-ring (bicyclic) bond motifs is 4. The van der Waals surface area contributed by atoms with E-state index in [0.717, 1.165) is 78.1 Å². The maximum atomic E-state index is 13.9. The Morgan fingerprint density at radius 2 is 1.14 bits per heavy atom. The average Bonchev–Trinajstić information content (AvgIpc) is 3.98. The molecule has 72 heavy (non-hydrogen) atoms. The minimum absolute atomic E-state index is 0. The molecule has 0 N–H and O–H groups in total. The van der Waals surface area contributed by atoms with Crippen LogP contribution in [0.5, 0.6) is 0 Å². The van der Waals surface area contributed by atoms with Crippen LogP contribution in [0.4, 0.5) is 4.39 Å². The summed E-state index contributed by atoms with van der Waals surface area (Å²) in [5, 5.41) is 2.18. The molecule has 11 rings (SSSR count). The van der Waals surface area contributed by atoms with Crippen LogP contribution in [0.1, 0.15) is 102 Å². The van der Waals surface area contributed by atoms with Crippen LogP contribution in [-0.4, -0.2) is 24.5 Å². The van der Waals surface area contributed by atoms with Crippen LogP contribution in [0.25, 0.3) is 94.7 Å². The zero-order valence-electron chi connectivity index (χ0n) is 41.8. The zero-order valence-corrected chi connectivity index (χ0v) is 44.2. The number of halogens is 1. The van der Waals surface area contributed by atoms with E-state index < -0.39 is 6.08 Å². The molecule has 0 saturated heterocycles. The molecule has 4 aromatic heterocycles. The van der Waals surface area contributed by atoms with Crippen LogP contribution in [0.15, 0.2) is 174 Å². The molecule has 0 amide bonds. The van der Waals surface area contributed by atoms with Gasteiger partial charge in [-0.15, -0.1) is 54.1 Å². The molecular formula is C64H56FIrN5O-2. The molecule has 0 spiro atoms. The van der Waals surface area contributed by atoms with Crippen molar-refractivity contribution in [2.75, 3.05) is 0 Å². The van der Waals surface area contributed by atoms with Crippen molar-refractivity contribution in [1.82, 2.24) is 24.5 Å². The van der Waals surface area contributed by atoms with Gasteiger partial charge in [-0.3, -0.25) is 4.98 Å². The van der Waals surface area contributed by atoms with Crippen molar-refractivity contribution < 1.29 is 28.9 Å². The first-order valence-electron chi connectivity index (χ1n) is 24.6. The minimum atomic E-state index is -0.665. The Morgan fingerprint density at radius 3 is 1.79 bits per heavy atom. The number of aromatic nitrogens is 5. The summed E-state index contributed by atoms with van der Waals surface area (Å²) in [5.74, 6) is 1.57. The Bertz CT molecular complexity index is 3610. The largest absolute Gasteiger partial charge is 0.501 e. The number of nitrogens with zero attached hydrogens (tertiary/aromatic N) is 5. The number of hydrogen-bond donors (Lipinski definition) is 0. The first-order valence-corrected chi connectivity index (χ1v) is 24.6. The van der Waals surface area contributed by atoms with Gasteiger partial charge in [0, 0.05) is 42.9 Å². The van der Waals surface area contributed by atoms with Gasteiger partial charge < -0.3 is 14.0 Å². The van der Waals surface area contributed by atoms with Crippen molar-refractivity contribution in [2.24, 2.45) is 0 Å². The molecular weight excluding hydrogens is 1070 g/mol. The third-order valence-corrected chi connectivity index (χ3v) is 13.1. The predicted octanol–water partition coefficient (Wildman–Crippen LogP) is 17.4. The molecule has 0 unspecified atom stereocenters. The predicted molar refractivity (Wildman–Crippen MR) is 289 cm³/mol. The van der Waals surface area contributed by atoms with Gasteiger partial charge in [-0.2, -0.15) is 4.39 Å². The van der Waals surface area contributed by atoms with E-state index in [2.05, 4.69) is 169 Å². The van der Waals surface area contributed by atoms with Crippen LogP contribution < -0.4 is 0 Å². The minimum Gasteiger partial charge on any atom is -0.501 e. The van der Waals surface area contributed by atoms with Crippen molar-refractivity contribution in [3.8, 4) is 61.7 Å². The third kappa shape index (κ3) is 9.69. The van der Waals surface area contributed by atoms with Gasteiger partial charge >= 0.3 is 6.08 Å². The van der Waals surface area contributed by atoms with E-state index in [1.54, 1.807) is 6.20 Å². The van der Waals surface area contributed by atoms with Gasteiger partial charge in [-0.05, 0) is 105 Å². The molecule has 6 nitrogen and oxygen atoms in total. The van der Waals surface area contributed by atoms with Crippen molar-refractivity contribution in [1.29, 1.82) is 0 Å². The fourth-order valence-corrected chi connectivity index (χ4v) is 9.63. The average molecular weight is 1120 g/mol. The summed E-state index contributed by atoms with van der Waals surface area (Å²) < 4.78 is 22.8. The van der Waals surface area contributed by atoms with Gasteiger partial charge in [-0.25, -0.2) is 9.97 Å². The summed E-state index contributed by atoms with van der Waals surface area (Å²) in [6.45, 7) is 17.2. The van der Waals surface area contributed by atoms with Gasteiger partial charge in [0.25, 0.3) is 0 Å². The van der Waals surface area contributed by atoms with Gasteiger partial charge in [-0.1, -0.05) is 157 Å². The summed E-state index contributed by atoms with van der Waals surface area (Å²) in [5.41, 5.74) is 18.3. The third-order valence-electron chi connectivity index (χ3n) is 13.1. The van der Waals surface area contributed by atoms with E-state index in [9.17, 15) is 4.39 Å². The van der Waals surface area contributed by atoms with E-state index in [1.165, 1.54) is 39.1 Å². The molecule has 0 aliphatic rings. The fourth-order valence-electron chi connectivity index (χ4n) is 9.63. The molecule has 0 bridgehead atoms. The number of para-hydroxylation sites is 3. The van der Waals surface area contributed by atoms with E-state index in [0.29, 0.717) is 0 Å². The zero-order chi connectivity index (χ0) is 49.3. The number of imidazole rings is 1. The Kier molecular flexibility index (Phi) is 14.6. The smallest absolute Gasteiger partial charge is 0.309 e. The van der Waals surface area contributed by atoms with E-state index >= 15 is 0 Å². The van der Waals surface area contributed by atoms with Crippen molar-refractivity contribution in [3.05, 3.63) is 211 Å². The van der Waals surface area contributed by atoms with Gasteiger partial charge in [0.15, 0.2) is 0 Å². The molecule has 8 heteroatoms. The number of benzene rings is 7. The van der Waals surface area contributed by atoms with Crippen LogP contribution >= 0.6 is 0 Å². The normalized spacial score (nSPS) is 11.5. The summed E-state index contributed by atoms with van der Waals surface area (Å²) in [6.07, 6.45) is 1.10. The molecule has 0 aliphatic heterocycles. The topological polar surface area (TPSA) is 69.6 Å². The molecule has 0 saturated carbocycles. The molecule has 7 aromatic carbocycles. The molecule has 11 aromatic rings. The summed E-state index contributed by atoms with van der Waals surface area (Å²) >= 11 is 0. The molecule has 361 valence electrons. The van der Waals surface area contributed by atoms with E-state index in [4.69, 9.17) is 9.40 Å². The SMILES string of the molecule is CC(C)c1cc(-c2ccc(-c3ccccc3)cc2)cc(C(C)C)c1-n1c(-c2[c-]ccc3c2oc2ccccc23)nc2ccccc21.CC(C)c1nc(F)nc(C(C)C)c1-c1ccnc(-c2[c-]cccc2)c1.[Ir]. The van der Waals surface area contributed by atoms with Gasteiger partial charge in [0.1, 0.15) is 5.58 Å². The maximum Gasteiger partial charge on any atom is 0.309 e. The monoisotopic (exact) mass is 1120 g/mol. The summed E-state index contributed by atoms with van der Waals surface area (Å²) in [7, 11) is 0. The molecule has 0 aliphatic carbocycles. The second-order valence-corrected chi connectivity index (χ2v) is 19.4. The molecule has 0 atom stereocenters. The van der Waals surface area contributed by atoms with Crippen molar-refractivity contribution >= 4 is 33.0 Å². The summed E-state index contributed by atoms with van der Waals surface area (Å²) in [6, 6.07) is 63.4. The van der Waals surface area contributed by atoms with Gasteiger partial charge in [0.05, 0.1) is 33.8 Å². The fraction of sp³-hybridized carbons (Fsp3) is 0.188. The second kappa shape index (κ2) is 21.1. The van der Waals surface area contributed by atoms with Crippen LogP contribution in [-0.2, 0) is 20.1 Å². The second-order valence-electron chi connectivity index (χ2n) is 19.4. The van der Waals surface area contributed by atoms with Crippen molar-refractivity contribution in [3.63, 3.8) is 0 Å². The number of rotatable bonds is 10. The molecule has 4 heterocycles. The number of hydrogen-bond acceptors (Lipinski definition) is 5. The quantitative estimate of drug-likeness (QED) is 0.101. The Labute approximate surface area is 435 Å². The number of furan rings is 1. The standard InChI is InChI=1S/C43H35N2O.C21H21FN3.Ir/c1-27(2)36-25-32(31-23-21-30(22-24-31)29-13-6-5-7-14-29)26-37(28(3)4)41(36)45-39-19-10-9-18-38(39)44-43(45)35-17-12-16-34-33-15-8-11-20-40(33)46-42(34)35;1-13(2)19-18(20(14(3)4)25-21(22)24-19)16-10-11-23-17(12-16)15-8-6-5-7-9-15;/h5-16,18-28H,1-4H3;5-8,10-14H,1-4H3;/q2*-1;. The first kappa shape index (κ1) is 49.6. The van der Waals surface area contributed by atoms with E-state index in [1.807, 2.05) is 82.3 Å². The summed E-state index contributed by atoms with van der Waals surface area (Å²) in [4.78, 5) is 17.9. The Morgan fingerprint density at radius 1 is 0.528 bits per heavy atom. The van der Waals surface area contributed by atoms with Crippen LogP contribution in [0.2, 0.25) is 0 Å². The Hall–Kier alpha value is -7.38. The van der Waals surface area contributed by atoms with E-state index in [-0.39, 0.29) is 43.8 Å². The van der Waals surface area contributed by atoms with Gasteiger partial charge in [0.2, 0.25) is 0 Å². The number of pyridine rings is 1. The Balaban J connectivity index is 0.000000209. The molecule has 1 radical (unpaired) electrons. The van der Waals surface area contributed by atoms with Crippen molar-refractivity contribution in [2.45, 2.75) is 79.1 Å². The van der Waals surface area contributed by atoms with Crippen LogP contribution in [0.3, 0.4) is 0 Å². The molecule has 0 fully saturated rings. The first-order chi connectivity index (χ1) is 34.4. The van der Waals surface area contributed by atoms with Crippen LogP contribution in [0, 0.1) is 18.2 Å².